The summed E-state index contributed by atoms with van der Waals surface area (Å²) in [5.74, 6) is 2.86. The topological polar surface area (TPSA) is 26.3 Å². The average molecular weight is 270 g/mol. The molecule has 0 saturated heterocycles. The summed E-state index contributed by atoms with van der Waals surface area (Å²) in [6.07, 6.45) is 4.98. The van der Waals surface area contributed by atoms with E-state index in [9.17, 15) is 4.79 Å². The second kappa shape index (κ2) is 4.42. The lowest BCUT2D eigenvalue weighted by Gasteiger charge is -2.42. The minimum Gasteiger partial charge on any atom is -0.362 e. The highest BCUT2D eigenvalue weighted by molar-refractivity contribution is 5.86. The van der Waals surface area contributed by atoms with Crippen LogP contribution >= 0.6 is 0 Å². The molecule has 4 bridgehead atoms. The molecule has 0 N–H and O–H groups in total. The maximum Gasteiger partial charge on any atom is 0.162 e. The van der Waals surface area contributed by atoms with Crippen molar-refractivity contribution < 1.29 is 9.53 Å². The van der Waals surface area contributed by atoms with Gasteiger partial charge in [-0.1, -0.05) is 30.3 Å². The number of ether oxygens (including phenoxy) is 1. The second-order valence-corrected chi connectivity index (χ2v) is 7.00. The monoisotopic (exact) mass is 270 g/mol. The van der Waals surface area contributed by atoms with Crippen LogP contribution in [0.15, 0.2) is 30.3 Å². The number of rotatable bonds is 4. The van der Waals surface area contributed by atoms with E-state index in [1.807, 2.05) is 18.2 Å². The van der Waals surface area contributed by atoms with Crippen LogP contribution in [0.25, 0.3) is 0 Å². The van der Waals surface area contributed by atoms with Crippen LogP contribution in [0.2, 0.25) is 0 Å². The van der Waals surface area contributed by atoms with E-state index in [1.165, 1.54) is 31.2 Å². The van der Waals surface area contributed by atoms with Gasteiger partial charge in [0.2, 0.25) is 0 Å². The van der Waals surface area contributed by atoms with Gasteiger partial charge in [-0.15, -0.1) is 0 Å². The summed E-state index contributed by atoms with van der Waals surface area (Å²) in [5.41, 5.74) is 0.707. The highest BCUT2D eigenvalue weighted by Crippen LogP contribution is 2.64. The summed E-state index contributed by atoms with van der Waals surface area (Å²) in [6, 6.07) is 10.2. The van der Waals surface area contributed by atoms with Crippen LogP contribution in [0.3, 0.4) is 0 Å². The van der Waals surface area contributed by atoms with E-state index in [0.717, 1.165) is 11.8 Å². The molecule has 4 aliphatic rings. The van der Waals surface area contributed by atoms with Crippen molar-refractivity contribution in [3.05, 3.63) is 35.9 Å². The molecule has 0 radical (unpaired) electrons. The Morgan fingerprint density at radius 3 is 2.70 bits per heavy atom. The number of ketones is 1. The number of carbonyl (C=O) groups is 1. The molecule has 1 aromatic carbocycles. The number of hydrogen-bond donors (Lipinski definition) is 0. The number of hydrogen-bond acceptors (Lipinski definition) is 2. The number of benzene rings is 1. The predicted octanol–water partition coefficient (Wildman–Crippen LogP) is 3.60. The van der Waals surface area contributed by atoms with Crippen molar-refractivity contribution in [3.63, 3.8) is 0 Å². The lowest BCUT2D eigenvalue weighted by molar-refractivity contribution is -0.165. The molecule has 5 unspecified atom stereocenters. The quantitative estimate of drug-likeness (QED) is 0.835. The average Bonchev–Trinajstić information content (AvgIpc) is 2.85. The smallest absolute Gasteiger partial charge is 0.162 e. The van der Waals surface area contributed by atoms with Gasteiger partial charge in [0.1, 0.15) is 5.60 Å². The molecule has 2 nitrogen and oxygen atoms in total. The van der Waals surface area contributed by atoms with Gasteiger partial charge in [0.25, 0.3) is 0 Å². The van der Waals surface area contributed by atoms with Gasteiger partial charge in [-0.05, 0) is 61.8 Å². The minimum absolute atomic E-state index is 0.270. The van der Waals surface area contributed by atoms with Crippen LogP contribution in [0.4, 0.5) is 0 Å². The third kappa shape index (κ3) is 1.64. The largest absolute Gasteiger partial charge is 0.362 e. The molecule has 2 heteroatoms. The van der Waals surface area contributed by atoms with Crippen LogP contribution in [-0.2, 0) is 16.1 Å². The summed E-state index contributed by atoms with van der Waals surface area (Å²) in [5, 5.41) is 0. The van der Waals surface area contributed by atoms with Gasteiger partial charge in [-0.2, -0.15) is 0 Å². The molecule has 0 amide bonds. The molecule has 4 fully saturated rings. The molecule has 1 aromatic rings. The lowest BCUT2D eigenvalue weighted by atomic mass is 9.70. The van der Waals surface area contributed by atoms with Gasteiger partial charge >= 0.3 is 0 Å². The SMILES string of the molecule is CC(=O)C1(OCc2ccccc2)C2CC3CC(C2)C1C3. The number of Topliss-reactive ketones (excluding diaryl/α,β-unsaturated/α-hetero) is 1. The van der Waals surface area contributed by atoms with Crippen molar-refractivity contribution >= 4 is 5.78 Å². The molecule has 106 valence electrons. The third-order valence-electron chi connectivity index (χ3n) is 6.03. The van der Waals surface area contributed by atoms with Gasteiger partial charge < -0.3 is 4.74 Å². The van der Waals surface area contributed by atoms with Crippen molar-refractivity contribution in [2.24, 2.45) is 23.7 Å². The standard InChI is InChI=1S/C18H22O2/c1-12(19)18(20-11-13-5-3-2-4-6-13)16-8-14-7-15(10-16)17(18)9-14/h2-6,14-17H,7-11H2,1H3. The van der Waals surface area contributed by atoms with Gasteiger partial charge in [0.05, 0.1) is 6.61 Å². The Labute approximate surface area is 120 Å². The molecule has 20 heavy (non-hydrogen) atoms. The van der Waals surface area contributed by atoms with E-state index in [0.29, 0.717) is 18.4 Å². The maximum atomic E-state index is 12.4. The molecule has 5 rings (SSSR count). The fourth-order valence-corrected chi connectivity index (χ4v) is 5.39. The van der Waals surface area contributed by atoms with E-state index < -0.39 is 5.60 Å². The summed E-state index contributed by atoms with van der Waals surface area (Å²) in [4.78, 5) is 12.4. The Bertz CT molecular complexity index is 519. The Balaban J connectivity index is 1.61. The van der Waals surface area contributed by atoms with Crippen LogP contribution < -0.4 is 0 Å². The highest BCUT2D eigenvalue weighted by atomic mass is 16.5. The molecule has 0 aromatic heterocycles. The highest BCUT2D eigenvalue weighted by Gasteiger charge is 2.65. The molecule has 0 spiro atoms. The van der Waals surface area contributed by atoms with Crippen LogP contribution in [-0.4, -0.2) is 11.4 Å². The van der Waals surface area contributed by atoms with E-state index in [1.54, 1.807) is 6.92 Å². The first-order valence-corrected chi connectivity index (χ1v) is 7.89. The zero-order valence-corrected chi connectivity index (χ0v) is 12.0. The third-order valence-corrected chi connectivity index (χ3v) is 6.03. The first-order valence-electron chi connectivity index (χ1n) is 7.89. The van der Waals surface area contributed by atoms with Crippen molar-refractivity contribution in [3.8, 4) is 0 Å². The molecule has 4 saturated carbocycles. The summed E-state index contributed by atoms with van der Waals surface area (Å²) in [7, 11) is 0. The van der Waals surface area contributed by atoms with Crippen molar-refractivity contribution in [1.82, 2.24) is 0 Å². The molecule has 0 heterocycles. The van der Waals surface area contributed by atoms with E-state index >= 15 is 0 Å². The first kappa shape index (κ1) is 12.6. The molecule has 4 aliphatic carbocycles. The van der Waals surface area contributed by atoms with Crippen molar-refractivity contribution in [2.75, 3.05) is 0 Å². The van der Waals surface area contributed by atoms with E-state index in [2.05, 4.69) is 12.1 Å². The van der Waals surface area contributed by atoms with Crippen LogP contribution in [0, 0.1) is 23.7 Å². The Morgan fingerprint density at radius 2 is 2.00 bits per heavy atom. The molecular weight excluding hydrogens is 248 g/mol. The van der Waals surface area contributed by atoms with E-state index in [4.69, 9.17) is 4.74 Å². The zero-order valence-electron chi connectivity index (χ0n) is 12.0. The van der Waals surface area contributed by atoms with Gasteiger partial charge in [-0.3, -0.25) is 4.79 Å². The summed E-state index contributed by atoms with van der Waals surface area (Å²) < 4.78 is 6.35. The minimum atomic E-state index is -0.465. The van der Waals surface area contributed by atoms with Gasteiger partial charge in [0, 0.05) is 0 Å². The first-order chi connectivity index (χ1) is 9.70. The summed E-state index contributed by atoms with van der Waals surface area (Å²) in [6.45, 7) is 2.32. The van der Waals surface area contributed by atoms with Gasteiger partial charge in [0.15, 0.2) is 5.78 Å². The lowest BCUT2D eigenvalue weighted by Crippen LogP contribution is -2.51. The fourth-order valence-electron chi connectivity index (χ4n) is 5.39. The predicted molar refractivity (Wildman–Crippen MR) is 77.1 cm³/mol. The van der Waals surface area contributed by atoms with Crippen molar-refractivity contribution in [2.45, 2.75) is 44.8 Å². The maximum absolute atomic E-state index is 12.4. The van der Waals surface area contributed by atoms with Crippen LogP contribution in [0.5, 0.6) is 0 Å². The van der Waals surface area contributed by atoms with Crippen LogP contribution in [0.1, 0.15) is 38.2 Å². The number of carbonyl (C=O) groups excluding carboxylic acids is 1. The molecular formula is C18H22O2. The Morgan fingerprint density at radius 1 is 1.20 bits per heavy atom. The summed E-state index contributed by atoms with van der Waals surface area (Å²) >= 11 is 0. The Hall–Kier alpha value is -1.15. The van der Waals surface area contributed by atoms with E-state index in [-0.39, 0.29) is 5.78 Å². The second-order valence-electron chi connectivity index (χ2n) is 7.00. The van der Waals surface area contributed by atoms with Gasteiger partial charge in [-0.25, -0.2) is 0 Å². The zero-order chi connectivity index (χ0) is 13.7. The fraction of sp³-hybridized carbons (Fsp3) is 0.611. The molecule has 0 aliphatic heterocycles. The Kier molecular flexibility index (Phi) is 2.78. The molecule has 5 atom stereocenters. The van der Waals surface area contributed by atoms with Crippen molar-refractivity contribution in [1.29, 1.82) is 0 Å². The normalized spacial score (nSPS) is 41.2.